The van der Waals surface area contributed by atoms with Crippen LogP contribution in [0, 0.1) is 6.42 Å². The molecule has 1 aliphatic carbocycles. The number of rotatable bonds is 2. The third-order valence-electron chi connectivity index (χ3n) is 3.65. The van der Waals surface area contributed by atoms with E-state index in [1.54, 1.807) is 0 Å². The fourth-order valence-electron chi connectivity index (χ4n) is 1.61. The Morgan fingerprint density at radius 3 is 2.00 bits per heavy atom. The summed E-state index contributed by atoms with van der Waals surface area (Å²) in [7, 11) is -1.51. The van der Waals surface area contributed by atoms with E-state index in [1.807, 2.05) is 0 Å². The molecule has 1 nitrogen and oxygen atoms in total. The molecule has 0 atom stereocenters. The summed E-state index contributed by atoms with van der Waals surface area (Å²) in [5.41, 5.74) is 0. The standard InChI is InChI=1S/C12H25OSi.HI.Zn/c1-12(2,3)14(4,5)13-11-9-7-6-8-10-11;;/h6,11H,7-10H2,1-5H3;1H;/q-1;;+2/p-1. The zero-order valence-electron chi connectivity index (χ0n) is 11.5. The van der Waals surface area contributed by atoms with Crippen LogP contribution < -0.4 is 0 Å². The maximum absolute atomic E-state index is 6.36. The van der Waals surface area contributed by atoms with E-state index in [2.05, 4.69) is 60.0 Å². The van der Waals surface area contributed by atoms with Gasteiger partial charge in [-0.15, -0.1) is 0 Å². The second-order valence-electron chi connectivity index (χ2n) is 5.94. The van der Waals surface area contributed by atoms with Crippen LogP contribution in [0.5, 0.6) is 0 Å². The predicted molar refractivity (Wildman–Crippen MR) is 78.9 cm³/mol. The molecule has 0 aromatic heterocycles. The fourth-order valence-corrected chi connectivity index (χ4v) is 3.03. The van der Waals surface area contributed by atoms with Crippen LogP contribution in [-0.2, 0) is 19.2 Å². The summed E-state index contributed by atoms with van der Waals surface area (Å²) in [4.78, 5) is 0. The van der Waals surface area contributed by atoms with Crippen LogP contribution in [0.1, 0.15) is 46.5 Å². The van der Waals surface area contributed by atoms with Crippen molar-refractivity contribution in [3.8, 4) is 0 Å². The average molecular weight is 406 g/mol. The molecule has 1 fully saturated rings. The average Bonchev–Trinajstić information content (AvgIpc) is 2.20. The minimum absolute atomic E-state index is 0.355. The van der Waals surface area contributed by atoms with Crippen LogP contribution in [-0.4, -0.2) is 14.4 Å². The fraction of sp³-hybridized carbons (Fsp3) is 0.917. The molecule has 1 aliphatic rings. The second kappa shape index (κ2) is 7.85. The molecular weight excluding hydrogens is 381 g/mol. The second-order valence-corrected chi connectivity index (χ2v) is 10.7. The van der Waals surface area contributed by atoms with Gasteiger partial charge in [0, 0.05) is 6.10 Å². The quantitative estimate of drug-likeness (QED) is 0.355. The number of hydrogen-bond donors (Lipinski definition) is 0. The van der Waals surface area contributed by atoms with E-state index in [0.29, 0.717) is 11.1 Å². The molecule has 0 amide bonds. The Labute approximate surface area is 123 Å². The topological polar surface area (TPSA) is 9.23 Å². The van der Waals surface area contributed by atoms with Crippen molar-refractivity contribution in [2.75, 3.05) is 0 Å². The third-order valence-corrected chi connectivity index (χ3v) is 8.19. The van der Waals surface area contributed by atoms with Gasteiger partial charge in [0.15, 0.2) is 8.32 Å². The Kier molecular flexibility index (Phi) is 8.61. The van der Waals surface area contributed by atoms with E-state index < -0.39 is 8.32 Å². The van der Waals surface area contributed by atoms with Gasteiger partial charge in [-0.2, -0.15) is 12.8 Å². The van der Waals surface area contributed by atoms with Crippen molar-refractivity contribution in [2.45, 2.75) is 70.7 Å². The Bertz CT molecular complexity index is 186. The van der Waals surface area contributed by atoms with Crippen molar-refractivity contribution < 1.29 is 19.2 Å². The zero-order valence-corrected chi connectivity index (χ0v) is 17.6. The third kappa shape index (κ3) is 5.92. The van der Waals surface area contributed by atoms with Gasteiger partial charge in [-0.1, -0.05) is 33.6 Å². The van der Waals surface area contributed by atoms with Crippen molar-refractivity contribution in [1.82, 2.24) is 0 Å². The van der Waals surface area contributed by atoms with Crippen molar-refractivity contribution >= 4 is 28.1 Å². The summed E-state index contributed by atoms with van der Waals surface area (Å²) in [5, 5.41) is 0.355. The van der Waals surface area contributed by atoms with Crippen molar-refractivity contribution in [3.63, 3.8) is 0 Å². The number of halogens is 1. The summed E-state index contributed by atoms with van der Waals surface area (Å²) in [6.07, 6.45) is 7.92. The molecule has 1 rings (SSSR count). The Morgan fingerprint density at radius 1 is 1.19 bits per heavy atom. The molecule has 0 aromatic rings. The molecular formula is C12H25IOSiZn. The first-order valence-electron chi connectivity index (χ1n) is 6.09. The molecule has 1 saturated carbocycles. The number of hydrogen-bond acceptors (Lipinski definition) is 1. The van der Waals surface area contributed by atoms with Crippen LogP contribution in [0.4, 0.5) is 0 Å². The summed E-state index contributed by atoms with van der Waals surface area (Å²) in [6.45, 7) is 11.6. The molecule has 0 unspecified atom stereocenters. The normalized spacial score (nSPS) is 19.0. The van der Waals surface area contributed by atoms with Gasteiger partial charge in [0.05, 0.1) is 0 Å². The van der Waals surface area contributed by atoms with E-state index in [-0.39, 0.29) is 0 Å². The van der Waals surface area contributed by atoms with Crippen LogP contribution in [0.3, 0.4) is 0 Å². The molecule has 0 spiro atoms. The Hall–Kier alpha value is 1.53. The molecule has 16 heavy (non-hydrogen) atoms. The van der Waals surface area contributed by atoms with Gasteiger partial charge in [0.2, 0.25) is 0 Å². The molecule has 4 heteroatoms. The minimum atomic E-state index is -1.51. The molecule has 0 aromatic carbocycles. The first-order valence-corrected chi connectivity index (χ1v) is 18.0. The van der Waals surface area contributed by atoms with Crippen LogP contribution >= 0.6 is 19.8 Å². The van der Waals surface area contributed by atoms with E-state index in [1.165, 1.54) is 40.5 Å². The van der Waals surface area contributed by atoms with Crippen LogP contribution in [0.15, 0.2) is 0 Å². The van der Waals surface area contributed by atoms with Crippen LogP contribution in [0.2, 0.25) is 18.1 Å². The molecule has 0 bridgehead atoms. The van der Waals surface area contributed by atoms with Gasteiger partial charge in [-0.3, -0.25) is 0 Å². The molecule has 0 radical (unpaired) electrons. The molecule has 0 saturated heterocycles. The summed E-state index contributed by atoms with van der Waals surface area (Å²) in [5.74, 6) is 0. The van der Waals surface area contributed by atoms with E-state index in [9.17, 15) is 0 Å². The Balaban J connectivity index is 0.00000106. The van der Waals surface area contributed by atoms with Gasteiger partial charge in [0.1, 0.15) is 0 Å². The van der Waals surface area contributed by atoms with Gasteiger partial charge in [-0.25, -0.2) is 0 Å². The van der Waals surface area contributed by atoms with Crippen molar-refractivity contribution in [3.05, 3.63) is 6.42 Å². The van der Waals surface area contributed by atoms with E-state index in [4.69, 9.17) is 4.43 Å². The molecule has 0 heterocycles. The Morgan fingerprint density at radius 2 is 1.62 bits per heavy atom. The molecule has 92 valence electrons. The first kappa shape index (κ1) is 17.5. The van der Waals surface area contributed by atoms with E-state index >= 15 is 0 Å². The predicted octanol–water partition coefficient (Wildman–Crippen LogP) is 5.04. The van der Waals surface area contributed by atoms with Crippen LogP contribution in [0.25, 0.3) is 0 Å². The summed E-state index contributed by atoms with van der Waals surface area (Å²) < 4.78 is 6.36. The summed E-state index contributed by atoms with van der Waals surface area (Å²) in [6, 6.07) is 0. The van der Waals surface area contributed by atoms with Crippen molar-refractivity contribution in [1.29, 1.82) is 0 Å². The maximum atomic E-state index is 6.36. The van der Waals surface area contributed by atoms with Gasteiger partial charge >= 0.3 is 34.5 Å². The zero-order chi connectivity index (χ0) is 12.8. The SMILES string of the molecule is CC(C)(C)[Si](C)(C)OC1CC[CH-]CC1.[Zn+][I]. The van der Waals surface area contributed by atoms with Gasteiger partial charge in [0.25, 0.3) is 0 Å². The van der Waals surface area contributed by atoms with E-state index in [0.717, 1.165) is 0 Å². The molecule has 0 aliphatic heterocycles. The summed E-state index contributed by atoms with van der Waals surface area (Å²) >= 11 is 3.62. The molecule has 0 N–H and O–H groups in total. The monoisotopic (exact) mass is 404 g/mol. The van der Waals surface area contributed by atoms with Gasteiger partial charge in [-0.05, 0) is 18.1 Å². The first-order chi connectivity index (χ1) is 7.33. The van der Waals surface area contributed by atoms with Gasteiger partial charge < -0.3 is 10.8 Å². The van der Waals surface area contributed by atoms with Crippen molar-refractivity contribution in [2.24, 2.45) is 0 Å².